The maximum absolute atomic E-state index is 12.5. The lowest BCUT2D eigenvalue weighted by Gasteiger charge is -2.31. The van der Waals surface area contributed by atoms with Gasteiger partial charge in [-0.25, -0.2) is 9.37 Å². The highest BCUT2D eigenvalue weighted by Crippen LogP contribution is 2.19. The molecule has 8 nitrogen and oxygen atoms in total. The van der Waals surface area contributed by atoms with E-state index < -0.39 is 6.04 Å². The monoisotopic (exact) mass is 310 g/mol. The Morgan fingerprint density at radius 1 is 1.32 bits per heavy atom. The van der Waals surface area contributed by atoms with Crippen LogP contribution in [-0.4, -0.2) is 83.0 Å². The van der Waals surface area contributed by atoms with Crippen LogP contribution in [0.5, 0.6) is 0 Å². The van der Waals surface area contributed by atoms with Gasteiger partial charge in [0.1, 0.15) is 0 Å². The fraction of sp³-hybridized carbons (Fsp3) is 0.714. The quantitative estimate of drug-likeness (QED) is 0.657. The second kappa shape index (κ2) is 6.43. The van der Waals surface area contributed by atoms with E-state index in [0.29, 0.717) is 30.8 Å². The van der Waals surface area contributed by atoms with Crippen molar-refractivity contribution in [2.75, 3.05) is 33.8 Å². The molecular weight excluding hydrogens is 286 g/mol. The number of hydrogen-bond acceptors (Lipinski definition) is 5. The van der Waals surface area contributed by atoms with Crippen LogP contribution in [0.4, 0.5) is 4.79 Å². The molecule has 0 spiro atoms. The fourth-order valence-electron chi connectivity index (χ4n) is 2.54. The lowest BCUT2D eigenvalue weighted by atomic mass is 10.1. The van der Waals surface area contributed by atoms with Crippen LogP contribution in [0.2, 0.25) is 0 Å². The molecule has 1 unspecified atom stereocenters. The van der Waals surface area contributed by atoms with Crippen LogP contribution in [0.3, 0.4) is 0 Å². The van der Waals surface area contributed by atoms with Gasteiger partial charge in [0.2, 0.25) is 11.9 Å². The molecule has 0 radical (unpaired) electrons. The minimum Gasteiger partial charge on any atom is -0.393 e. The first kappa shape index (κ1) is 16.4. The molecule has 0 aromatic carbocycles. The molecule has 8 heteroatoms. The van der Waals surface area contributed by atoms with E-state index >= 15 is 0 Å². The van der Waals surface area contributed by atoms with Gasteiger partial charge in [-0.05, 0) is 12.3 Å². The molecule has 1 saturated heterocycles. The number of nitrogens with zero attached hydrogens (tertiary/aromatic N) is 4. The van der Waals surface area contributed by atoms with Gasteiger partial charge < -0.3 is 5.11 Å². The molecule has 2 heterocycles. The number of carbonyl (C=O) groups is 2. The van der Waals surface area contributed by atoms with Crippen molar-refractivity contribution in [3.8, 4) is 0 Å². The highest BCUT2D eigenvalue weighted by Gasteiger charge is 2.51. The van der Waals surface area contributed by atoms with Crippen LogP contribution in [0.15, 0.2) is 4.99 Å². The number of aliphatic hydroxyl groups excluding tert-OH is 1. The van der Waals surface area contributed by atoms with Gasteiger partial charge in [-0.2, -0.15) is 0 Å². The molecule has 2 N–H and O–H groups in total. The Morgan fingerprint density at radius 2 is 2.00 bits per heavy atom. The van der Waals surface area contributed by atoms with Crippen molar-refractivity contribution in [2.24, 2.45) is 10.9 Å². The number of fused-ring (bicyclic) bond motifs is 1. The zero-order valence-electron chi connectivity index (χ0n) is 13.5. The number of amidine groups is 1. The number of hydrogen-bond donors (Lipinski definition) is 2. The third-order valence-corrected chi connectivity index (χ3v) is 3.87. The second-order valence-electron chi connectivity index (χ2n) is 5.96. The molecule has 0 saturated carbocycles. The Balaban J connectivity index is 2.34. The summed E-state index contributed by atoms with van der Waals surface area (Å²) in [5, 5.41) is 12.0. The summed E-state index contributed by atoms with van der Waals surface area (Å²) in [5.74, 6) is 1.20. The Labute approximate surface area is 130 Å². The molecule has 3 amide bonds. The first-order chi connectivity index (χ1) is 10.4. The van der Waals surface area contributed by atoms with E-state index in [0.717, 1.165) is 11.3 Å². The summed E-state index contributed by atoms with van der Waals surface area (Å²) in [6.07, 6.45) is 0.901. The Bertz CT molecular complexity index is 541. The number of aliphatic imine (C=N–C) groups is 1. The second-order valence-corrected chi connectivity index (χ2v) is 5.96. The summed E-state index contributed by atoms with van der Waals surface area (Å²) >= 11 is 0. The van der Waals surface area contributed by atoms with Crippen molar-refractivity contribution in [3.63, 3.8) is 0 Å². The molecule has 2 aliphatic heterocycles. The zero-order valence-corrected chi connectivity index (χ0v) is 13.5. The van der Waals surface area contributed by atoms with Gasteiger partial charge in [0.05, 0.1) is 19.7 Å². The summed E-state index contributed by atoms with van der Waals surface area (Å²) < 4.78 is 1.88. The van der Waals surface area contributed by atoms with Crippen LogP contribution in [0.1, 0.15) is 20.3 Å². The molecule has 0 aromatic heterocycles. The number of amides is 3. The van der Waals surface area contributed by atoms with Crippen molar-refractivity contribution < 1.29 is 19.3 Å². The van der Waals surface area contributed by atoms with Crippen molar-refractivity contribution in [1.82, 2.24) is 15.1 Å². The predicted molar refractivity (Wildman–Crippen MR) is 81.8 cm³/mol. The maximum Gasteiger partial charge on any atom is 0.390 e. The molecule has 0 bridgehead atoms. The van der Waals surface area contributed by atoms with E-state index in [4.69, 9.17) is 5.11 Å². The van der Waals surface area contributed by atoms with Crippen molar-refractivity contribution in [3.05, 3.63) is 0 Å². The molecule has 1 fully saturated rings. The maximum atomic E-state index is 12.5. The van der Waals surface area contributed by atoms with Crippen LogP contribution in [-0.2, 0) is 4.79 Å². The van der Waals surface area contributed by atoms with Crippen LogP contribution >= 0.6 is 0 Å². The molecule has 0 aromatic rings. The number of imide groups is 1. The molecule has 0 aliphatic carbocycles. The van der Waals surface area contributed by atoms with Gasteiger partial charge in [0, 0.05) is 14.1 Å². The van der Waals surface area contributed by atoms with Crippen LogP contribution in [0, 0.1) is 5.92 Å². The average Bonchev–Trinajstić information content (AvgIpc) is 2.85. The standard InChI is InChI=1S/C14H23N5O3/c1-9(2)5-7-19-10-11(16-13(19)15-6-8-20)17(3)14(22)18(4)12(10)21/h9-10,20H,5-8H2,1-4H3/p+1. The van der Waals surface area contributed by atoms with Gasteiger partial charge in [0.15, 0.2) is 0 Å². The smallest absolute Gasteiger partial charge is 0.390 e. The van der Waals surface area contributed by atoms with Crippen molar-refractivity contribution in [1.29, 1.82) is 0 Å². The topological polar surface area (TPSA) is 88.2 Å². The Morgan fingerprint density at radius 3 is 2.59 bits per heavy atom. The third kappa shape index (κ3) is 2.83. The highest BCUT2D eigenvalue weighted by molar-refractivity contribution is 6.22. The van der Waals surface area contributed by atoms with E-state index in [-0.39, 0.29) is 18.5 Å². The number of likely N-dealkylation sites (N-methyl/N-ethyl adjacent to an activating group) is 2. The number of rotatable bonds is 5. The first-order valence-corrected chi connectivity index (χ1v) is 7.50. The molecule has 22 heavy (non-hydrogen) atoms. The van der Waals surface area contributed by atoms with E-state index in [9.17, 15) is 9.59 Å². The average molecular weight is 310 g/mol. The minimum atomic E-state index is -0.576. The van der Waals surface area contributed by atoms with Gasteiger partial charge in [-0.15, -0.1) is 0 Å². The van der Waals surface area contributed by atoms with E-state index in [2.05, 4.69) is 24.2 Å². The highest BCUT2D eigenvalue weighted by atomic mass is 16.3. The Kier molecular flexibility index (Phi) is 4.80. The molecule has 1 atom stereocenters. The zero-order chi connectivity index (χ0) is 16.4. The molecule has 2 aliphatic rings. The fourth-order valence-corrected chi connectivity index (χ4v) is 2.54. The summed E-state index contributed by atoms with van der Waals surface area (Å²) in [4.78, 5) is 31.5. The number of nitrogens with one attached hydrogen (secondary N) is 1. The van der Waals surface area contributed by atoms with Gasteiger partial charge in [0.25, 0.3) is 5.91 Å². The number of aliphatic hydroxyl groups is 1. The predicted octanol–water partition coefficient (Wildman–Crippen LogP) is -0.713. The minimum absolute atomic E-state index is 0.0281. The van der Waals surface area contributed by atoms with Crippen LogP contribution in [0.25, 0.3) is 0 Å². The van der Waals surface area contributed by atoms with E-state index in [1.165, 1.54) is 11.9 Å². The number of urea groups is 1. The third-order valence-electron chi connectivity index (χ3n) is 3.87. The van der Waals surface area contributed by atoms with Gasteiger partial charge >= 0.3 is 12.0 Å². The van der Waals surface area contributed by atoms with E-state index in [1.54, 1.807) is 7.05 Å². The first-order valence-electron chi connectivity index (χ1n) is 7.50. The normalized spacial score (nSPS) is 21.7. The Hall–Kier alpha value is -1.96. The number of carbonyl (C=O) groups excluding carboxylic acids is 2. The SMILES string of the molecule is CC(C)CC[N+]1=C(NCCO)N=C2C1C(=O)N(C)C(=O)N2C. The molecular formula is C14H24N5O3+. The lowest BCUT2D eigenvalue weighted by molar-refractivity contribution is -0.538. The molecule has 2 rings (SSSR count). The number of guanidine groups is 1. The largest absolute Gasteiger partial charge is 0.393 e. The molecule has 122 valence electrons. The van der Waals surface area contributed by atoms with Crippen molar-refractivity contribution in [2.45, 2.75) is 26.3 Å². The summed E-state index contributed by atoms with van der Waals surface area (Å²) in [7, 11) is 3.10. The summed E-state index contributed by atoms with van der Waals surface area (Å²) in [5.41, 5.74) is 0. The summed E-state index contributed by atoms with van der Waals surface area (Å²) in [6, 6.07) is -0.958. The van der Waals surface area contributed by atoms with Crippen molar-refractivity contribution >= 4 is 23.7 Å². The van der Waals surface area contributed by atoms with Crippen LogP contribution < -0.4 is 5.32 Å². The van der Waals surface area contributed by atoms with Gasteiger partial charge in [-0.1, -0.05) is 18.8 Å². The lowest BCUT2D eigenvalue weighted by Crippen LogP contribution is -2.61. The van der Waals surface area contributed by atoms with Gasteiger partial charge in [-0.3, -0.25) is 19.9 Å². The van der Waals surface area contributed by atoms with E-state index in [1.807, 2.05) is 4.58 Å². The summed E-state index contributed by atoms with van der Waals surface area (Å²) in [6.45, 7) is 5.20.